The van der Waals surface area contributed by atoms with Crippen molar-refractivity contribution in [2.24, 2.45) is 0 Å². The molecule has 2 rings (SSSR count). The monoisotopic (exact) mass is 355 g/mol. The minimum absolute atomic E-state index is 0.0816. The summed E-state index contributed by atoms with van der Waals surface area (Å²) in [6, 6.07) is 7.81. The van der Waals surface area contributed by atoms with Crippen LogP contribution in [0.5, 0.6) is 0 Å². The lowest BCUT2D eigenvalue weighted by atomic mass is 9.79. The standard InChI is InChI=1S/C16H22BrNO3/c1-3-21-15(19)16(10-6-7-12(11-16)20-2)18-14-9-5-4-8-13(14)17/h4-5,8-9,12,18H,3,6-7,10-11H2,1-2H3. The Labute approximate surface area is 134 Å². The molecule has 1 aliphatic carbocycles. The molecule has 0 saturated heterocycles. The Hall–Kier alpha value is -1.07. The second-order valence-corrected chi connectivity index (χ2v) is 6.22. The average Bonchev–Trinajstić information content (AvgIpc) is 2.50. The predicted octanol–water partition coefficient (Wildman–Crippen LogP) is 3.75. The quantitative estimate of drug-likeness (QED) is 0.817. The van der Waals surface area contributed by atoms with Crippen molar-refractivity contribution in [1.29, 1.82) is 0 Å². The van der Waals surface area contributed by atoms with Crippen molar-refractivity contribution >= 4 is 27.6 Å². The highest BCUT2D eigenvalue weighted by molar-refractivity contribution is 9.10. The van der Waals surface area contributed by atoms with Gasteiger partial charge in [0.25, 0.3) is 0 Å². The zero-order chi connectivity index (χ0) is 15.3. The number of methoxy groups -OCH3 is 1. The van der Waals surface area contributed by atoms with Gasteiger partial charge in [-0.15, -0.1) is 0 Å². The third-order valence-corrected chi connectivity index (χ3v) is 4.64. The number of hydrogen-bond acceptors (Lipinski definition) is 4. The molecule has 21 heavy (non-hydrogen) atoms. The van der Waals surface area contributed by atoms with E-state index in [9.17, 15) is 4.79 Å². The summed E-state index contributed by atoms with van der Waals surface area (Å²) in [7, 11) is 1.70. The summed E-state index contributed by atoms with van der Waals surface area (Å²) >= 11 is 3.52. The number of anilines is 1. The maximum absolute atomic E-state index is 12.5. The molecular formula is C16H22BrNO3. The number of ether oxygens (including phenoxy) is 2. The lowest BCUT2D eigenvalue weighted by molar-refractivity contribution is -0.151. The lowest BCUT2D eigenvalue weighted by Gasteiger charge is -2.39. The highest BCUT2D eigenvalue weighted by atomic mass is 79.9. The molecule has 0 radical (unpaired) electrons. The molecule has 1 saturated carbocycles. The molecule has 0 aliphatic heterocycles. The molecule has 5 heteroatoms. The first-order valence-electron chi connectivity index (χ1n) is 7.34. The zero-order valence-electron chi connectivity index (χ0n) is 12.5. The van der Waals surface area contributed by atoms with E-state index < -0.39 is 5.54 Å². The van der Waals surface area contributed by atoms with Gasteiger partial charge in [0.05, 0.1) is 12.7 Å². The summed E-state index contributed by atoms with van der Waals surface area (Å²) in [5, 5.41) is 3.41. The van der Waals surface area contributed by atoms with Gasteiger partial charge in [-0.1, -0.05) is 12.1 Å². The topological polar surface area (TPSA) is 47.6 Å². The second kappa shape index (κ2) is 7.27. The van der Waals surface area contributed by atoms with Crippen LogP contribution in [0.25, 0.3) is 0 Å². The van der Waals surface area contributed by atoms with Crippen LogP contribution in [0.15, 0.2) is 28.7 Å². The molecule has 0 heterocycles. The molecule has 1 fully saturated rings. The van der Waals surface area contributed by atoms with Gasteiger partial charge in [-0.2, -0.15) is 0 Å². The van der Waals surface area contributed by atoms with Crippen molar-refractivity contribution < 1.29 is 14.3 Å². The molecule has 4 nitrogen and oxygen atoms in total. The molecule has 0 bridgehead atoms. The molecule has 2 atom stereocenters. The summed E-state index contributed by atoms with van der Waals surface area (Å²) < 4.78 is 11.7. The molecule has 1 aromatic carbocycles. The van der Waals surface area contributed by atoms with Gasteiger partial charge in [0.15, 0.2) is 0 Å². The molecule has 0 spiro atoms. The number of para-hydroxylation sites is 1. The van der Waals surface area contributed by atoms with E-state index in [2.05, 4.69) is 21.2 Å². The van der Waals surface area contributed by atoms with Crippen LogP contribution in [0.3, 0.4) is 0 Å². The van der Waals surface area contributed by atoms with Gasteiger partial charge >= 0.3 is 5.97 Å². The highest BCUT2D eigenvalue weighted by Gasteiger charge is 2.44. The van der Waals surface area contributed by atoms with Crippen molar-refractivity contribution in [1.82, 2.24) is 0 Å². The van der Waals surface area contributed by atoms with E-state index in [0.717, 1.165) is 29.4 Å². The van der Waals surface area contributed by atoms with Crippen LogP contribution in [0.4, 0.5) is 5.69 Å². The normalized spacial score (nSPS) is 25.4. The summed E-state index contributed by atoms with van der Waals surface area (Å²) in [5.74, 6) is -0.192. The van der Waals surface area contributed by atoms with Gasteiger partial charge in [0.1, 0.15) is 5.54 Å². The highest BCUT2D eigenvalue weighted by Crippen LogP contribution is 2.36. The van der Waals surface area contributed by atoms with E-state index in [1.807, 2.05) is 31.2 Å². The Morgan fingerprint density at radius 3 is 2.90 bits per heavy atom. The zero-order valence-corrected chi connectivity index (χ0v) is 14.1. The minimum Gasteiger partial charge on any atom is -0.464 e. The molecule has 0 aromatic heterocycles. The number of benzene rings is 1. The number of carbonyl (C=O) groups is 1. The molecule has 1 aliphatic rings. The van der Waals surface area contributed by atoms with E-state index in [0.29, 0.717) is 13.0 Å². The van der Waals surface area contributed by atoms with Crippen LogP contribution in [0, 0.1) is 0 Å². The summed E-state index contributed by atoms with van der Waals surface area (Å²) in [6.07, 6.45) is 3.39. The van der Waals surface area contributed by atoms with Gasteiger partial charge < -0.3 is 14.8 Å². The average molecular weight is 356 g/mol. The SMILES string of the molecule is CCOC(=O)C1(Nc2ccccc2Br)CCCC(OC)C1. The molecular weight excluding hydrogens is 334 g/mol. The van der Waals surface area contributed by atoms with Gasteiger partial charge in [0, 0.05) is 23.7 Å². The first kappa shape index (κ1) is 16.3. The second-order valence-electron chi connectivity index (χ2n) is 5.36. The van der Waals surface area contributed by atoms with Crippen molar-refractivity contribution in [3.8, 4) is 0 Å². The maximum Gasteiger partial charge on any atom is 0.331 e. The van der Waals surface area contributed by atoms with Crippen LogP contribution < -0.4 is 5.32 Å². The lowest BCUT2D eigenvalue weighted by Crippen LogP contribution is -2.52. The van der Waals surface area contributed by atoms with Crippen LogP contribution in [-0.2, 0) is 14.3 Å². The van der Waals surface area contributed by atoms with Crippen LogP contribution in [-0.4, -0.2) is 31.3 Å². The third-order valence-electron chi connectivity index (χ3n) is 3.95. The van der Waals surface area contributed by atoms with Gasteiger partial charge in [0.2, 0.25) is 0 Å². The van der Waals surface area contributed by atoms with Crippen molar-refractivity contribution in [2.45, 2.75) is 44.2 Å². The number of esters is 1. The van der Waals surface area contributed by atoms with Crippen molar-refractivity contribution in [3.63, 3.8) is 0 Å². The number of rotatable bonds is 5. The largest absolute Gasteiger partial charge is 0.464 e. The Balaban J connectivity index is 2.27. The van der Waals surface area contributed by atoms with E-state index in [1.54, 1.807) is 7.11 Å². The number of hydrogen-bond donors (Lipinski definition) is 1. The van der Waals surface area contributed by atoms with Gasteiger partial charge in [-0.05, 0) is 54.2 Å². The smallest absolute Gasteiger partial charge is 0.331 e. The van der Waals surface area contributed by atoms with E-state index in [1.165, 1.54) is 0 Å². The van der Waals surface area contributed by atoms with Crippen LogP contribution in [0.1, 0.15) is 32.6 Å². The summed E-state index contributed by atoms with van der Waals surface area (Å²) in [6.45, 7) is 2.22. The maximum atomic E-state index is 12.5. The van der Waals surface area contributed by atoms with Crippen molar-refractivity contribution in [3.05, 3.63) is 28.7 Å². The van der Waals surface area contributed by atoms with E-state index in [-0.39, 0.29) is 12.1 Å². The number of halogens is 1. The molecule has 2 unspecified atom stereocenters. The third kappa shape index (κ3) is 3.77. The van der Waals surface area contributed by atoms with Gasteiger partial charge in [-0.25, -0.2) is 4.79 Å². The Bertz CT molecular complexity index is 494. The van der Waals surface area contributed by atoms with E-state index in [4.69, 9.17) is 9.47 Å². The Morgan fingerprint density at radius 2 is 2.24 bits per heavy atom. The fourth-order valence-electron chi connectivity index (χ4n) is 2.87. The fourth-order valence-corrected chi connectivity index (χ4v) is 3.25. The predicted molar refractivity (Wildman–Crippen MR) is 86.4 cm³/mol. The molecule has 116 valence electrons. The fraction of sp³-hybridized carbons (Fsp3) is 0.562. The first-order valence-corrected chi connectivity index (χ1v) is 8.13. The van der Waals surface area contributed by atoms with Crippen LogP contribution in [0.2, 0.25) is 0 Å². The summed E-state index contributed by atoms with van der Waals surface area (Å²) in [5.41, 5.74) is 0.195. The van der Waals surface area contributed by atoms with Crippen LogP contribution >= 0.6 is 15.9 Å². The number of nitrogens with one attached hydrogen (secondary N) is 1. The number of carbonyl (C=O) groups excluding carboxylic acids is 1. The molecule has 1 aromatic rings. The molecule has 0 amide bonds. The minimum atomic E-state index is -0.710. The molecule has 1 N–H and O–H groups in total. The Kier molecular flexibility index (Phi) is 5.65. The summed E-state index contributed by atoms with van der Waals surface area (Å²) in [4.78, 5) is 12.5. The van der Waals surface area contributed by atoms with E-state index >= 15 is 0 Å². The van der Waals surface area contributed by atoms with Gasteiger partial charge in [-0.3, -0.25) is 0 Å². The van der Waals surface area contributed by atoms with Crippen molar-refractivity contribution in [2.75, 3.05) is 19.0 Å². The Morgan fingerprint density at radius 1 is 1.48 bits per heavy atom. The first-order chi connectivity index (χ1) is 10.1.